The number of aromatic nitrogens is 1. The SMILES string of the molecule is COc1ccc(F)c(-c2c(C#N)c(N)[nH]c(=O)c2C#N)c1Cl. The number of methoxy groups -OCH3 is 1. The molecule has 0 bridgehead atoms. The van der Waals surface area contributed by atoms with E-state index >= 15 is 0 Å². The minimum atomic E-state index is -0.840. The highest BCUT2D eigenvalue weighted by atomic mass is 35.5. The molecule has 1 aromatic carbocycles. The van der Waals surface area contributed by atoms with Crippen LogP contribution in [-0.2, 0) is 0 Å². The van der Waals surface area contributed by atoms with Gasteiger partial charge in [-0.25, -0.2) is 4.39 Å². The number of pyridine rings is 1. The van der Waals surface area contributed by atoms with E-state index in [2.05, 4.69) is 4.98 Å². The molecule has 2 aromatic rings. The van der Waals surface area contributed by atoms with Gasteiger partial charge in [-0.1, -0.05) is 11.6 Å². The van der Waals surface area contributed by atoms with Crippen molar-refractivity contribution >= 4 is 17.4 Å². The van der Waals surface area contributed by atoms with E-state index in [-0.39, 0.29) is 33.3 Å². The average Bonchev–Trinajstić information content (AvgIpc) is 2.47. The van der Waals surface area contributed by atoms with Gasteiger partial charge in [-0.05, 0) is 12.1 Å². The van der Waals surface area contributed by atoms with Crippen molar-refractivity contribution in [1.82, 2.24) is 4.98 Å². The van der Waals surface area contributed by atoms with Gasteiger partial charge in [-0.15, -0.1) is 0 Å². The Bertz CT molecular complexity index is 909. The predicted molar refractivity (Wildman–Crippen MR) is 77.9 cm³/mol. The number of nitrogens with two attached hydrogens (primary N) is 1. The number of ether oxygens (including phenoxy) is 1. The first-order chi connectivity index (χ1) is 10.5. The Balaban J connectivity index is 3.06. The number of nitrogens with zero attached hydrogens (tertiary/aromatic N) is 2. The molecule has 0 radical (unpaired) electrons. The second-order valence-electron chi connectivity index (χ2n) is 4.16. The molecule has 0 aliphatic carbocycles. The first-order valence-electron chi connectivity index (χ1n) is 5.84. The summed E-state index contributed by atoms with van der Waals surface area (Å²) in [5.74, 6) is -0.965. The third kappa shape index (κ3) is 2.24. The minimum absolute atomic E-state index is 0.129. The van der Waals surface area contributed by atoms with Gasteiger partial charge in [-0.2, -0.15) is 10.5 Å². The van der Waals surface area contributed by atoms with Crippen LogP contribution in [0.3, 0.4) is 0 Å². The molecular weight excluding hydrogens is 311 g/mol. The van der Waals surface area contributed by atoms with Crippen molar-refractivity contribution in [3.8, 4) is 29.0 Å². The Kier molecular flexibility index (Phi) is 4.02. The fourth-order valence-electron chi connectivity index (χ4n) is 2.01. The Morgan fingerprint density at radius 2 is 1.91 bits per heavy atom. The molecule has 0 aliphatic heterocycles. The van der Waals surface area contributed by atoms with E-state index in [9.17, 15) is 14.4 Å². The van der Waals surface area contributed by atoms with Crippen LogP contribution < -0.4 is 16.0 Å². The number of hydrogen-bond donors (Lipinski definition) is 2. The zero-order valence-corrected chi connectivity index (χ0v) is 12.0. The lowest BCUT2D eigenvalue weighted by molar-refractivity contribution is 0.414. The summed E-state index contributed by atoms with van der Waals surface area (Å²) in [7, 11) is 1.32. The second-order valence-corrected chi connectivity index (χ2v) is 4.53. The molecule has 1 aromatic heterocycles. The Hall–Kier alpha value is -3.03. The summed E-state index contributed by atoms with van der Waals surface area (Å²) in [6.07, 6.45) is 0. The van der Waals surface area contributed by atoms with Crippen LogP contribution in [0.2, 0.25) is 5.02 Å². The van der Waals surface area contributed by atoms with Crippen LogP contribution in [0.25, 0.3) is 11.1 Å². The van der Waals surface area contributed by atoms with E-state index in [4.69, 9.17) is 27.3 Å². The van der Waals surface area contributed by atoms with Gasteiger partial charge in [0.25, 0.3) is 5.56 Å². The van der Waals surface area contributed by atoms with Gasteiger partial charge in [0.15, 0.2) is 0 Å². The molecule has 110 valence electrons. The van der Waals surface area contributed by atoms with Crippen molar-refractivity contribution in [1.29, 1.82) is 10.5 Å². The minimum Gasteiger partial charge on any atom is -0.495 e. The molecule has 3 N–H and O–H groups in total. The van der Waals surface area contributed by atoms with E-state index in [1.807, 2.05) is 0 Å². The zero-order chi connectivity index (χ0) is 16.4. The summed E-state index contributed by atoms with van der Waals surface area (Å²) in [5.41, 5.74) is 3.49. The predicted octanol–water partition coefficient (Wildman–Crippen LogP) is 2.17. The van der Waals surface area contributed by atoms with E-state index < -0.39 is 16.9 Å². The normalized spacial score (nSPS) is 9.86. The highest BCUT2D eigenvalue weighted by Gasteiger charge is 2.24. The highest BCUT2D eigenvalue weighted by molar-refractivity contribution is 6.35. The number of nitrogens with one attached hydrogen (secondary N) is 1. The molecule has 0 fully saturated rings. The lowest BCUT2D eigenvalue weighted by Gasteiger charge is -2.13. The molecule has 6 nitrogen and oxygen atoms in total. The standard InChI is InChI=1S/C14H8ClFN4O2/c1-22-9-3-2-8(16)11(12(9)15)10-6(4-17)13(19)20-14(21)7(10)5-18/h2-3H,1H3,(H3,19,20,21). The third-order valence-electron chi connectivity index (χ3n) is 2.99. The average molecular weight is 319 g/mol. The van der Waals surface area contributed by atoms with E-state index in [0.717, 1.165) is 6.07 Å². The van der Waals surface area contributed by atoms with Crippen LogP contribution in [0.5, 0.6) is 5.75 Å². The van der Waals surface area contributed by atoms with Crippen molar-refractivity contribution < 1.29 is 9.13 Å². The Morgan fingerprint density at radius 3 is 2.45 bits per heavy atom. The fourth-order valence-corrected chi connectivity index (χ4v) is 2.34. The van der Waals surface area contributed by atoms with Gasteiger partial charge in [0, 0.05) is 11.1 Å². The van der Waals surface area contributed by atoms with Crippen LogP contribution in [0.15, 0.2) is 16.9 Å². The number of nitrogen functional groups attached to an aromatic ring is 1. The van der Waals surface area contributed by atoms with E-state index in [0.29, 0.717) is 0 Å². The smallest absolute Gasteiger partial charge is 0.268 e. The largest absolute Gasteiger partial charge is 0.495 e. The van der Waals surface area contributed by atoms with Gasteiger partial charge in [0.2, 0.25) is 0 Å². The quantitative estimate of drug-likeness (QED) is 0.880. The number of hydrogen-bond acceptors (Lipinski definition) is 5. The Morgan fingerprint density at radius 1 is 1.27 bits per heavy atom. The molecule has 0 amide bonds. The van der Waals surface area contributed by atoms with Crippen molar-refractivity contribution in [3.63, 3.8) is 0 Å². The molecule has 1 heterocycles. The van der Waals surface area contributed by atoms with Crippen molar-refractivity contribution in [2.45, 2.75) is 0 Å². The van der Waals surface area contributed by atoms with Crippen molar-refractivity contribution in [2.24, 2.45) is 0 Å². The summed E-state index contributed by atoms with van der Waals surface area (Å²) < 4.78 is 19.2. The highest BCUT2D eigenvalue weighted by Crippen LogP contribution is 2.40. The summed E-state index contributed by atoms with van der Waals surface area (Å²) >= 11 is 6.07. The number of H-pyrrole nitrogens is 1. The summed E-state index contributed by atoms with van der Waals surface area (Å²) in [6, 6.07) is 5.73. The summed E-state index contributed by atoms with van der Waals surface area (Å²) in [6.45, 7) is 0. The number of nitriles is 2. The molecule has 0 saturated heterocycles. The van der Waals surface area contributed by atoms with Crippen LogP contribution >= 0.6 is 11.6 Å². The van der Waals surface area contributed by atoms with Gasteiger partial charge < -0.3 is 15.5 Å². The molecule has 2 rings (SSSR count). The molecular formula is C14H8ClFN4O2. The lowest BCUT2D eigenvalue weighted by atomic mass is 9.96. The second kappa shape index (κ2) is 5.76. The summed E-state index contributed by atoms with van der Waals surface area (Å²) in [4.78, 5) is 14.0. The summed E-state index contributed by atoms with van der Waals surface area (Å²) in [5, 5.41) is 18.2. The lowest BCUT2D eigenvalue weighted by Crippen LogP contribution is -2.16. The monoisotopic (exact) mass is 318 g/mol. The van der Waals surface area contributed by atoms with Crippen LogP contribution in [0.1, 0.15) is 11.1 Å². The molecule has 0 unspecified atom stereocenters. The number of rotatable bonds is 2. The Labute approximate surface area is 129 Å². The number of halogens is 2. The molecule has 22 heavy (non-hydrogen) atoms. The molecule has 0 atom stereocenters. The first-order valence-corrected chi connectivity index (χ1v) is 6.22. The molecule has 8 heteroatoms. The van der Waals surface area contributed by atoms with Crippen LogP contribution in [-0.4, -0.2) is 12.1 Å². The van der Waals surface area contributed by atoms with Crippen LogP contribution in [0.4, 0.5) is 10.2 Å². The maximum atomic E-state index is 14.2. The van der Waals surface area contributed by atoms with Gasteiger partial charge in [0.1, 0.15) is 40.6 Å². The number of aromatic amines is 1. The van der Waals surface area contributed by atoms with E-state index in [1.54, 1.807) is 12.1 Å². The first kappa shape index (κ1) is 15.4. The van der Waals surface area contributed by atoms with Gasteiger partial charge in [0.05, 0.1) is 12.1 Å². The molecule has 0 spiro atoms. The number of benzene rings is 1. The van der Waals surface area contributed by atoms with E-state index in [1.165, 1.54) is 13.2 Å². The van der Waals surface area contributed by atoms with Crippen LogP contribution in [0, 0.1) is 28.5 Å². The molecule has 0 aliphatic rings. The topological polar surface area (TPSA) is 116 Å². The third-order valence-corrected chi connectivity index (χ3v) is 3.37. The van der Waals surface area contributed by atoms with Gasteiger partial charge in [-0.3, -0.25) is 4.79 Å². The van der Waals surface area contributed by atoms with Gasteiger partial charge >= 0.3 is 0 Å². The molecule has 0 saturated carbocycles. The maximum Gasteiger partial charge on any atom is 0.268 e. The fraction of sp³-hybridized carbons (Fsp3) is 0.0714. The van der Waals surface area contributed by atoms with Crippen molar-refractivity contribution in [2.75, 3.05) is 12.8 Å². The zero-order valence-electron chi connectivity index (χ0n) is 11.2. The maximum absolute atomic E-state index is 14.2. The van der Waals surface area contributed by atoms with Crippen molar-refractivity contribution in [3.05, 3.63) is 44.5 Å². The number of anilines is 1.